The molecule has 0 heterocycles. The largest absolute Gasteiger partial charge is 0.460 e. The van der Waals surface area contributed by atoms with E-state index in [2.05, 4.69) is 23.8 Å². The topological polar surface area (TPSA) is 191 Å². The van der Waals surface area contributed by atoms with Gasteiger partial charge in [-0.1, -0.05) is 73.8 Å². The summed E-state index contributed by atoms with van der Waals surface area (Å²) in [5, 5.41) is 4.98. The van der Waals surface area contributed by atoms with Crippen LogP contribution >= 0.6 is 0 Å². The minimum Gasteiger partial charge on any atom is -0.460 e. The van der Waals surface area contributed by atoms with Gasteiger partial charge in [-0.05, 0) is 73.5 Å². The van der Waals surface area contributed by atoms with Crippen molar-refractivity contribution in [2.75, 3.05) is 39.5 Å². The molecule has 0 aliphatic heterocycles. The molecule has 0 fully saturated rings. The molecule has 4 aromatic carbocycles. The zero-order chi connectivity index (χ0) is 42.6. The molecule has 2 N–H and O–H groups in total. The Bertz CT molecular complexity index is 1920. The van der Waals surface area contributed by atoms with Gasteiger partial charge in [0.1, 0.15) is 37.9 Å². The van der Waals surface area contributed by atoms with Crippen LogP contribution in [0.3, 0.4) is 0 Å². The van der Waals surface area contributed by atoms with Crippen LogP contribution in [-0.4, -0.2) is 75.6 Å². The van der Waals surface area contributed by atoms with Crippen molar-refractivity contribution in [1.29, 1.82) is 0 Å². The summed E-state index contributed by atoms with van der Waals surface area (Å²) in [5.41, 5.74) is 2.08. The first-order valence-corrected chi connectivity index (χ1v) is 18.3. The molecule has 0 saturated heterocycles. The van der Waals surface area contributed by atoms with Crippen LogP contribution in [0.1, 0.15) is 57.9 Å². The first kappa shape index (κ1) is 44.3. The second-order valence-electron chi connectivity index (χ2n) is 12.6. The minimum absolute atomic E-state index is 0.0000431. The molecule has 0 spiro atoms. The summed E-state index contributed by atoms with van der Waals surface area (Å²) in [4.78, 5) is 73.8. The number of ether oxygens (including phenoxy) is 7. The van der Waals surface area contributed by atoms with Crippen molar-refractivity contribution in [2.45, 2.75) is 26.1 Å². The highest BCUT2D eigenvalue weighted by Crippen LogP contribution is 2.24. The Balaban J connectivity index is 1.26. The van der Waals surface area contributed by atoms with Crippen LogP contribution in [0.5, 0.6) is 11.5 Å². The highest BCUT2D eigenvalue weighted by molar-refractivity contribution is 5.90. The lowest BCUT2D eigenvalue weighted by molar-refractivity contribution is -0.139. The zero-order valence-corrected chi connectivity index (χ0v) is 32.5. The maximum Gasteiger partial charge on any atom is 0.407 e. The predicted molar refractivity (Wildman–Crippen MR) is 212 cm³/mol. The van der Waals surface area contributed by atoms with Gasteiger partial charge in [0.2, 0.25) is 0 Å². The van der Waals surface area contributed by atoms with Crippen molar-refractivity contribution in [3.8, 4) is 11.5 Å². The number of amides is 2. The summed E-state index contributed by atoms with van der Waals surface area (Å²) in [6, 6.07) is 29.7. The summed E-state index contributed by atoms with van der Waals surface area (Å²) < 4.78 is 37.8. The van der Waals surface area contributed by atoms with Gasteiger partial charge >= 0.3 is 36.1 Å². The molecule has 0 aliphatic carbocycles. The van der Waals surface area contributed by atoms with Crippen molar-refractivity contribution in [3.05, 3.63) is 156 Å². The highest BCUT2D eigenvalue weighted by Gasteiger charge is 2.22. The summed E-state index contributed by atoms with van der Waals surface area (Å²) >= 11 is 0. The molecule has 15 heteroatoms. The predicted octanol–water partition coefficient (Wildman–Crippen LogP) is 6.97. The van der Waals surface area contributed by atoms with Gasteiger partial charge in [0, 0.05) is 11.1 Å². The Kier molecular flexibility index (Phi) is 17.2. The van der Waals surface area contributed by atoms with Crippen LogP contribution < -0.4 is 15.4 Å². The van der Waals surface area contributed by atoms with E-state index in [0.29, 0.717) is 22.6 Å². The third kappa shape index (κ3) is 15.2. The highest BCUT2D eigenvalue weighted by atomic mass is 16.6. The number of carbonyl (C=O) groups excluding carboxylic acids is 6. The van der Waals surface area contributed by atoms with E-state index in [0.717, 1.165) is 0 Å². The molecule has 0 aromatic heterocycles. The summed E-state index contributed by atoms with van der Waals surface area (Å²) in [7, 11) is 0. The molecule has 0 saturated carbocycles. The number of hydrogen-bond acceptors (Lipinski definition) is 13. The van der Waals surface area contributed by atoms with Crippen molar-refractivity contribution in [3.63, 3.8) is 0 Å². The molecular weight excluding hydrogens is 764 g/mol. The summed E-state index contributed by atoms with van der Waals surface area (Å²) in [5.74, 6) is -1.71. The maximum absolute atomic E-state index is 12.9. The number of rotatable bonds is 20. The Morgan fingerprint density at radius 1 is 0.508 bits per heavy atom. The lowest BCUT2D eigenvalue weighted by Crippen LogP contribution is -2.31. The molecule has 2 amide bonds. The van der Waals surface area contributed by atoms with E-state index >= 15 is 0 Å². The van der Waals surface area contributed by atoms with Crippen LogP contribution in [0, 0.1) is 0 Å². The van der Waals surface area contributed by atoms with Gasteiger partial charge in [0.05, 0.1) is 24.2 Å². The third-order valence-corrected chi connectivity index (χ3v) is 7.89. The third-order valence-electron chi connectivity index (χ3n) is 7.89. The van der Waals surface area contributed by atoms with Gasteiger partial charge in [0.25, 0.3) is 0 Å². The lowest BCUT2D eigenvalue weighted by atomic mass is 10.1. The number of nitrogens with one attached hydrogen (secondary N) is 2. The van der Waals surface area contributed by atoms with Crippen LogP contribution in [0.4, 0.5) is 9.59 Å². The van der Waals surface area contributed by atoms with Crippen molar-refractivity contribution < 1.29 is 61.9 Å². The number of carbonyl (C=O) groups is 6. The number of alkyl carbamates (subject to hydrolysis) is 2. The van der Waals surface area contributed by atoms with E-state index in [1.165, 1.54) is 38.1 Å². The second-order valence-corrected chi connectivity index (χ2v) is 12.6. The standard InChI is InChI=1S/C44H44N2O13/c1-29(2)39(47)53-25-23-45-43(51)58-37(31-11-7-5-8-12-31)27-55-41(49)33-15-19-35(20-16-33)57-36-21-17-34(18-22-36)42(50)56-28-38(32-13-9-6-10-14-32)59-44(52)46-24-26-54-40(48)30(3)4/h5-22,37-38H,1,3,23-28H2,2,4H3,(H,45,51)(H,46,52). The van der Waals surface area contributed by atoms with Crippen LogP contribution in [0.2, 0.25) is 0 Å². The first-order chi connectivity index (χ1) is 28.4. The second kappa shape index (κ2) is 23.0. The molecule has 59 heavy (non-hydrogen) atoms. The van der Waals surface area contributed by atoms with E-state index in [1.54, 1.807) is 84.9 Å². The van der Waals surface area contributed by atoms with E-state index < -0.39 is 48.3 Å². The van der Waals surface area contributed by atoms with Crippen LogP contribution in [-0.2, 0) is 38.0 Å². The van der Waals surface area contributed by atoms with Gasteiger partial charge in [0.15, 0.2) is 12.2 Å². The van der Waals surface area contributed by atoms with E-state index in [1.807, 2.05) is 0 Å². The van der Waals surface area contributed by atoms with Crippen molar-refractivity contribution >= 4 is 36.1 Å². The van der Waals surface area contributed by atoms with Gasteiger partial charge in [-0.3, -0.25) is 0 Å². The fourth-order valence-corrected chi connectivity index (χ4v) is 4.84. The molecule has 308 valence electrons. The van der Waals surface area contributed by atoms with E-state index in [-0.39, 0.29) is 61.8 Å². The Hall–Kier alpha value is -7.42. The summed E-state index contributed by atoms with van der Waals surface area (Å²) in [6.07, 6.45) is -3.45. The smallest absolute Gasteiger partial charge is 0.407 e. The molecule has 0 aliphatic rings. The van der Waals surface area contributed by atoms with E-state index in [4.69, 9.17) is 33.2 Å². The lowest BCUT2D eigenvalue weighted by Gasteiger charge is -2.19. The van der Waals surface area contributed by atoms with Crippen molar-refractivity contribution in [1.82, 2.24) is 10.6 Å². The monoisotopic (exact) mass is 808 g/mol. The molecule has 2 atom stereocenters. The molecule has 15 nitrogen and oxygen atoms in total. The number of benzene rings is 4. The van der Waals surface area contributed by atoms with Gasteiger partial charge < -0.3 is 43.8 Å². The van der Waals surface area contributed by atoms with Crippen LogP contribution in [0.25, 0.3) is 0 Å². The number of hydrogen-bond donors (Lipinski definition) is 2. The Morgan fingerprint density at radius 2 is 0.864 bits per heavy atom. The molecule has 0 radical (unpaired) electrons. The molecule has 0 bridgehead atoms. The molecule has 2 unspecified atom stereocenters. The van der Waals surface area contributed by atoms with Crippen molar-refractivity contribution in [2.24, 2.45) is 0 Å². The molecule has 4 aromatic rings. The normalized spacial score (nSPS) is 11.4. The van der Waals surface area contributed by atoms with Gasteiger partial charge in [-0.2, -0.15) is 0 Å². The first-order valence-electron chi connectivity index (χ1n) is 18.3. The fourth-order valence-electron chi connectivity index (χ4n) is 4.84. The zero-order valence-electron chi connectivity index (χ0n) is 32.5. The van der Waals surface area contributed by atoms with Crippen LogP contribution in [0.15, 0.2) is 133 Å². The maximum atomic E-state index is 12.9. The minimum atomic E-state index is -0.927. The average Bonchev–Trinajstić information content (AvgIpc) is 3.24. The SMILES string of the molecule is C=C(C)C(=O)OCCNC(=O)OC(COC(=O)c1ccc(Oc2ccc(C(=O)OCC(OC(=O)NCCOC(=O)C(=C)C)c3ccccc3)cc2)cc1)c1ccccc1. The molecular formula is C44H44N2O13. The number of esters is 4. The summed E-state index contributed by atoms with van der Waals surface area (Å²) in [6.45, 7) is 9.29. The quantitative estimate of drug-likeness (QED) is 0.0403. The Labute approximate surface area is 340 Å². The van der Waals surface area contributed by atoms with E-state index in [9.17, 15) is 28.8 Å². The fraction of sp³-hybridized carbons (Fsp3) is 0.227. The molecule has 4 rings (SSSR count). The van der Waals surface area contributed by atoms with Gasteiger partial charge in [-0.25, -0.2) is 28.8 Å². The Morgan fingerprint density at radius 3 is 1.20 bits per heavy atom. The average molecular weight is 809 g/mol. The van der Waals surface area contributed by atoms with Gasteiger partial charge in [-0.15, -0.1) is 0 Å².